The lowest BCUT2D eigenvalue weighted by Gasteiger charge is -2.17. The van der Waals surface area contributed by atoms with Crippen molar-refractivity contribution >= 4 is 6.09 Å². The van der Waals surface area contributed by atoms with Gasteiger partial charge < -0.3 is 9.64 Å². The molecule has 0 aliphatic carbocycles. The average Bonchev–Trinajstić information content (AvgIpc) is 2.78. The van der Waals surface area contributed by atoms with E-state index in [0.717, 1.165) is 4.90 Å². The van der Waals surface area contributed by atoms with Crippen LogP contribution in [0.1, 0.15) is 30.5 Å². The highest BCUT2D eigenvalue weighted by Gasteiger charge is 2.38. The molecule has 2 rings (SSSR count). The summed E-state index contributed by atoms with van der Waals surface area (Å²) in [6, 6.07) is 1.29. The predicted octanol–water partition coefficient (Wildman–Crippen LogP) is 4.70. The minimum Gasteiger partial charge on any atom is -0.444 e. The monoisotopic (exact) mass is 355 g/mol. The third-order valence-corrected chi connectivity index (χ3v) is 3.68. The minimum absolute atomic E-state index is 0.00815. The van der Waals surface area contributed by atoms with Gasteiger partial charge in [-0.2, -0.15) is 26.3 Å². The number of hydrogen-bond donors (Lipinski definition) is 0. The smallest absolute Gasteiger partial charge is 0.416 e. The second-order valence-electron chi connectivity index (χ2n) is 5.96. The highest BCUT2D eigenvalue weighted by atomic mass is 19.4. The van der Waals surface area contributed by atoms with Crippen molar-refractivity contribution in [2.75, 3.05) is 6.54 Å². The Balaban J connectivity index is 2.31. The SMILES string of the molecule is CC(C)C1CN(Cc2cc(C(F)(F)F)cc(C(F)(F)F)c2)C(=O)O1. The lowest BCUT2D eigenvalue weighted by Crippen LogP contribution is -2.26. The normalized spacial score (nSPS) is 19.1. The average molecular weight is 355 g/mol. The molecule has 1 amide bonds. The Labute approximate surface area is 134 Å². The van der Waals surface area contributed by atoms with Gasteiger partial charge in [-0.1, -0.05) is 13.8 Å². The Morgan fingerprint density at radius 2 is 1.58 bits per heavy atom. The van der Waals surface area contributed by atoms with Crippen molar-refractivity contribution in [2.45, 2.75) is 38.8 Å². The van der Waals surface area contributed by atoms with E-state index in [1.807, 2.05) is 0 Å². The molecule has 1 heterocycles. The van der Waals surface area contributed by atoms with Crippen LogP contribution in [0.4, 0.5) is 31.1 Å². The molecule has 134 valence electrons. The number of cyclic esters (lactones) is 1. The van der Waals surface area contributed by atoms with Crippen LogP contribution in [0.3, 0.4) is 0 Å². The van der Waals surface area contributed by atoms with Crippen molar-refractivity contribution in [2.24, 2.45) is 5.92 Å². The second-order valence-corrected chi connectivity index (χ2v) is 5.96. The Hall–Kier alpha value is -1.93. The molecule has 0 bridgehead atoms. The van der Waals surface area contributed by atoms with Gasteiger partial charge in [0, 0.05) is 6.54 Å². The van der Waals surface area contributed by atoms with Gasteiger partial charge in [-0.05, 0) is 29.7 Å². The zero-order valence-electron chi connectivity index (χ0n) is 12.8. The van der Waals surface area contributed by atoms with Crippen LogP contribution in [0.25, 0.3) is 0 Å². The number of alkyl halides is 6. The first kappa shape index (κ1) is 18.4. The van der Waals surface area contributed by atoms with Crippen molar-refractivity contribution < 1.29 is 35.9 Å². The molecule has 1 aromatic carbocycles. The van der Waals surface area contributed by atoms with Gasteiger partial charge in [0.25, 0.3) is 0 Å². The number of hydrogen-bond acceptors (Lipinski definition) is 2. The highest BCUT2D eigenvalue weighted by molar-refractivity contribution is 5.70. The van der Waals surface area contributed by atoms with E-state index in [4.69, 9.17) is 4.74 Å². The van der Waals surface area contributed by atoms with Crippen molar-refractivity contribution in [1.29, 1.82) is 0 Å². The highest BCUT2D eigenvalue weighted by Crippen LogP contribution is 2.36. The molecule has 1 fully saturated rings. The molecule has 1 aliphatic heterocycles. The number of carbonyl (C=O) groups excluding carboxylic acids is 1. The molecule has 1 atom stereocenters. The van der Waals surface area contributed by atoms with Gasteiger partial charge in [-0.15, -0.1) is 0 Å². The Morgan fingerprint density at radius 3 is 1.96 bits per heavy atom. The van der Waals surface area contributed by atoms with Gasteiger partial charge in [0.15, 0.2) is 0 Å². The molecule has 3 nitrogen and oxygen atoms in total. The molecule has 0 aromatic heterocycles. The summed E-state index contributed by atoms with van der Waals surface area (Å²) in [6.45, 7) is 3.34. The fourth-order valence-electron chi connectivity index (χ4n) is 2.34. The standard InChI is InChI=1S/C15H15F6NO2/c1-8(2)12-7-22(13(23)24-12)6-9-3-10(14(16,17)18)5-11(4-9)15(19,20)21/h3-5,8,12H,6-7H2,1-2H3. The third-order valence-electron chi connectivity index (χ3n) is 3.68. The first-order valence-corrected chi connectivity index (χ1v) is 7.12. The molecule has 0 radical (unpaired) electrons. The van der Waals surface area contributed by atoms with Crippen molar-refractivity contribution in [3.8, 4) is 0 Å². The van der Waals surface area contributed by atoms with E-state index in [9.17, 15) is 31.1 Å². The summed E-state index contributed by atoms with van der Waals surface area (Å²) >= 11 is 0. The van der Waals surface area contributed by atoms with E-state index in [0.29, 0.717) is 12.1 Å². The van der Waals surface area contributed by atoms with Crippen LogP contribution in [-0.2, 0) is 23.6 Å². The maximum atomic E-state index is 12.8. The number of rotatable bonds is 3. The van der Waals surface area contributed by atoms with Crippen molar-refractivity contribution in [3.63, 3.8) is 0 Å². The van der Waals surface area contributed by atoms with Gasteiger partial charge in [-0.25, -0.2) is 4.79 Å². The maximum absolute atomic E-state index is 12.8. The fraction of sp³-hybridized carbons (Fsp3) is 0.533. The molecule has 9 heteroatoms. The largest absolute Gasteiger partial charge is 0.444 e. The number of nitrogens with zero attached hydrogens (tertiary/aromatic N) is 1. The van der Waals surface area contributed by atoms with Crippen LogP contribution in [-0.4, -0.2) is 23.6 Å². The quantitative estimate of drug-likeness (QED) is 0.736. The van der Waals surface area contributed by atoms with Crippen LogP contribution in [0, 0.1) is 5.92 Å². The Morgan fingerprint density at radius 1 is 1.08 bits per heavy atom. The Kier molecular flexibility index (Phi) is 4.74. The van der Waals surface area contributed by atoms with Crippen LogP contribution >= 0.6 is 0 Å². The maximum Gasteiger partial charge on any atom is 0.416 e. The van der Waals surface area contributed by atoms with Gasteiger partial charge in [0.05, 0.1) is 17.7 Å². The minimum atomic E-state index is -4.91. The summed E-state index contributed by atoms with van der Waals surface area (Å²) in [5.74, 6) is -0.00815. The fourth-order valence-corrected chi connectivity index (χ4v) is 2.34. The van der Waals surface area contributed by atoms with Crippen molar-refractivity contribution in [3.05, 3.63) is 34.9 Å². The van der Waals surface area contributed by atoms with E-state index in [-0.39, 0.29) is 30.6 Å². The first-order valence-electron chi connectivity index (χ1n) is 7.12. The number of ether oxygens (including phenoxy) is 1. The number of benzene rings is 1. The molecule has 1 aliphatic rings. The molecule has 0 N–H and O–H groups in total. The molecule has 24 heavy (non-hydrogen) atoms. The number of amides is 1. The van der Waals surface area contributed by atoms with Crippen molar-refractivity contribution in [1.82, 2.24) is 4.90 Å². The molecule has 1 aromatic rings. The molecule has 1 saturated heterocycles. The van der Waals surface area contributed by atoms with E-state index >= 15 is 0 Å². The molecular weight excluding hydrogens is 340 g/mol. The summed E-state index contributed by atoms with van der Waals surface area (Å²) in [5, 5.41) is 0. The van der Waals surface area contributed by atoms with E-state index in [2.05, 4.69) is 0 Å². The lowest BCUT2D eigenvalue weighted by molar-refractivity contribution is -0.143. The summed E-state index contributed by atoms with van der Waals surface area (Å²) in [7, 11) is 0. The molecule has 0 spiro atoms. The van der Waals surface area contributed by atoms with E-state index < -0.39 is 35.7 Å². The van der Waals surface area contributed by atoms with Gasteiger partial charge >= 0.3 is 18.4 Å². The third kappa shape index (κ3) is 4.12. The summed E-state index contributed by atoms with van der Waals surface area (Å²) in [6.07, 6.45) is -11.0. The molecular formula is C15H15F6NO2. The molecule has 1 unspecified atom stereocenters. The first-order chi connectivity index (χ1) is 10.9. The lowest BCUT2D eigenvalue weighted by atomic mass is 10.0. The van der Waals surface area contributed by atoms with Crippen LogP contribution in [0.5, 0.6) is 0 Å². The van der Waals surface area contributed by atoms with Crippen LogP contribution in [0.15, 0.2) is 18.2 Å². The van der Waals surface area contributed by atoms with Gasteiger partial charge in [0.1, 0.15) is 6.10 Å². The molecule has 0 saturated carbocycles. The number of carbonyl (C=O) groups is 1. The second kappa shape index (κ2) is 6.18. The van der Waals surface area contributed by atoms with Crippen LogP contribution < -0.4 is 0 Å². The van der Waals surface area contributed by atoms with E-state index in [1.54, 1.807) is 13.8 Å². The Bertz CT molecular complexity index is 591. The zero-order valence-corrected chi connectivity index (χ0v) is 12.8. The van der Waals surface area contributed by atoms with Crippen LogP contribution in [0.2, 0.25) is 0 Å². The van der Waals surface area contributed by atoms with Gasteiger partial charge in [0.2, 0.25) is 0 Å². The van der Waals surface area contributed by atoms with Gasteiger partial charge in [-0.3, -0.25) is 0 Å². The summed E-state index contributed by atoms with van der Waals surface area (Å²) in [4.78, 5) is 12.8. The topological polar surface area (TPSA) is 29.5 Å². The summed E-state index contributed by atoms with van der Waals surface area (Å²) < 4.78 is 82.0. The predicted molar refractivity (Wildman–Crippen MR) is 72.0 cm³/mol. The van der Waals surface area contributed by atoms with E-state index in [1.165, 1.54) is 0 Å². The number of halogens is 6. The zero-order chi connectivity index (χ0) is 18.3. The summed E-state index contributed by atoms with van der Waals surface area (Å²) in [5.41, 5.74) is -3.06.